The Hall–Kier alpha value is -2.94. The molecule has 0 saturated heterocycles. The van der Waals surface area contributed by atoms with Crippen LogP contribution >= 0.6 is 0 Å². The fraction of sp³-hybridized carbons (Fsp3) is 0.400. The normalized spacial score (nSPS) is 16.6. The Balaban J connectivity index is 1.64. The number of amides is 1. The van der Waals surface area contributed by atoms with Crippen molar-refractivity contribution in [3.8, 4) is 0 Å². The molecule has 1 aliphatic heterocycles. The SMILES string of the molecule is CCC1=CC(CN(C(=O)C[C@H](C)c2ccccc2)c2ccc3c(c2)CCCC3)=CN=C(C)C1. The first kappa shape index (κ1) is 23.2. The Labute approximate surface area is 198 Å². The number of carbonyl (C=O) groups is 1. The number of hydrogen-bond acceptors (Lipinski definition) is 2. The molecule has 1 aliphatic carbocycles. The second-order valence-corrected chi connectivity index (χ2v) is 9.56. The van der Waals surface area contributed by atoms with Crippen LogP contribution < -0.4 is 4.90 Å². The first-order valence-corrected chi connectivity index (χ1v) is 12.4. The zero-order valence-electron chi connectivity index (χ0n) is 20.3. The number of aryl methyl sites for hydroxylation is 2. The number of rotatable bonds is 7. The summed E-state index contributed by atoms with van der Waals surface area (Å²) in [5.74, 6) is 0.336. The van der Waals surface area contributed by atoms with Crippen molar-refractivity contribution in [2.75, 3.05) is 11.4 Å². The zero-order chi connectivity index (χ0) is 23.2. The van der Waals surface area contributed by atoms with Crippen molar-refractivity contribution in [3.63, 3.8) is 0 Å². The lowest BCUT2D eigenvalue weighted by atomic mass is 9.91. The molecule has 1 atom stereocenters. The van der Waals surface area contributed by atoms with Crippen LogP contribution in [0.5, 0.6) is 0 Å². The molecule has 0 saturated carbocycles. The van der Waals surface area contributed by atoms with Gasteiger partial charge in [0.2, 0.25) is 5.91 Å². The van der Waals surface area contributed by atoms with Crippen molar-refractivity contribution < 1.29 is 4.79 Å². The average molecular weight is 441 g/mol. The Kier molecular flexibility index (Phi) is 7.59. The third-order valence-corrected chi connectivity index (χ3v) is 6.91. The monoisotopic (exact) mass is 440 g/mol. The van der Waals surface area contributed by atoms with Crippen LogP contribution in [0, 0.1) is 0 Å². The van der Waals surface area contributed by atoms with E-state index in [1.807, 2.05) is 29.3 Å². The minimum Gasteiger partial charge on any atom is -0.308 e. The van der Waals surface area contributed by atoms with E-state index in [0.29, 0.717) is 13.0 Å². The molecule has 0 spiro atoms. The molecular formula is C30H36N2O. The number of carbonyl (C=O) groups excluding carboxylic acids is 1. The second kappa shape index (κ2) is 10.8. The summed E-state index contributed by atoms with van der Waals surface area (Å²) in [6.45, 7) is 6.97. The predicted molar refractivity (Wildman–Crippen MR) is 139 cm³/mol. The van der Waals surface area contributed by atoms with Gasteiger partial charge < -0.3 is 4.90 Å². The summed E-state index contributed by atoms with van der Waals surface area (Å²) < 4.78 is 0. The fourth-order valence-electron chi connectivity index (χ4n) is 4.90. The minimum absolute atomic E-state index is 0.166. The Morgan fingerprint density at radius 2 is 1.82 bits per heavy atom. The molecule has 0 unspecified atom stereocenters. The van der Waals surface area contributed by atoms with E-state index in [-0.39, 0.29) is 11.8 Å². The summed E-state index contributed by atoms with van der Waals surface area (Å²) in [4.78, 5) is 20.4. The summed E-state index contributed by atoms with van der Waals surface area (Å²) in [5.41, 5.74) is 8.66. The van der Waals surface area contributed by atoms with Crippen LogP contribution in [0.25, 0.3) is 0 Å². The lowest BCUT2D eigenvalue weighted by Crippen LogP contribution is -2.33. The molecule has 2 aliphatic rings. The maximum atomic E-state index is 13.7. The van der Waals surface area contributed by atoms with E-state index < -0.39 is 0 Å². The first-order chi connectivity index (χ1) is 16.0. The highest BCUT2D eigenvalue weighted by atomic mass is 16.2. The van der Waals surface area contributed by atoms with Gasteiger partial charge in [0.25, 0.3) is 0 Å². The third-order valence-electron chi connectivity index (χ3n) is 6.91. The van der Waals surface area contributed by atoms with Crippen LogP contribution in [0.4, 0.5) is 5.69 Å². The van der Waals surface area contributed by atoms with Gasteiger partial charge in [0, 0.05) is 30.4 Å². The molecule has 1 amide bonds. The minimum atomic E-state index is 0.166. The molecule has 33 heavy (non-hydrogen) atoms. The first-order valence-electron chi connectivity index (χ1n) is 12.4. The molecule has 3 heteroatoms. The van der Waals surface area contributed by atoms with Crippen molar-refractivity contribution in [2.45, 2.75) is 71.6 Å². The van der Waals surface area contributed by atoms with Crippen LogP contribution in [0.15, 0.2) is 76.9 Å². The smallest absolute Gasteiger partial charge is 0.227 e. The number of anilines is 1. The van der Waals surface area contributed by atoms with Gasteiger partial charge in [-0.05, 0) is 79.3 Å². The lowest BCUT2D eigenvalue weighted by Gasteiger charge is -2.27. The van der Waals surface area contributed by atoms with Crippen LogP contribution in [0.3, 0.4) is 0 Å². The van der Waals surface area contributed by atoms with Gasteiger partial charge in [0.1, 0.15) is 0 Å². The van der Waals surface area contributed by atoms with E-state index >= 15 is 0 Å². The maximum absolute atomic E-state index is 13.7. The summed E-state index contributed by atoms with van der Waals surface area (Å²) in [6.07, 6.45) is 11.4. The number of allylic oxidation sites excluding steroid dienone is 1. The van der Waals surface area contributed by atoms with Gasteiger partial charge in [-0.25, -0.2) is 0 Å². The highest BCUT2D eigenvalue weighted by Gasteiger charge is 2.22. The van der Waals surface area contributed by atoms with Gasteiger partial charge in [-0.15, -0.1) is 0 Å². The van der Waals surface area contributed by atoms with Crippen LogP contribution in [0.2, 0.25) is 0 Å². The van der Waals surface area contributed by atoms with E-state index in [2.05, 4.69) is 62.2 Å². The van der Waals surface area contributed by atoms with E-state index in [9.17, 15) is 4.79 Å². The average Bonchev–Trinajstić information content (AvgIpc) is 3.03. The van der Waals surface area contributed by atoms with Crippen LogP contribution in [-0.4, -0.2) is 18.2 Å². The van der Waals surface area contributed by atoms with Gasteiger partial charge in [-0.2, -0.15) is 0 Å². The standard InChI is InChI=1S/C30H36N2O/c1-4-24-17-23(3)31-20-25(18-24)21-32(29-15-14-27-12-8-9-13-28(27)19-29)30(33)16-22(2)26-10-6-5-7-11-26/h5-7,10-11,14-15,18-20,22H,4,8-9,12-13,16-17,21H2,1-3H3/t22-/m0/s1. The molecule has 0 N–H and O–H groups in total. The Morgan fingerprint density at radius 1 is 1.06 bits per heavy atom. The van der Waals surface area contributed by atoms with Crippen molar-refractivity contribution in [1.29, 1.82) is 0 Å². The molecule has 2 aromatic rings. The van der Waals surface area contributed by atoms with Gasteiger partial charge in [0.15, 0.2) is 0 Å². The molecule has 0 fully saturated rings. The van der Waals surface area contributed by atoms with E-state index in [1.54, 1.807) is 0 Å². The quantitative estimate of drug-likeness (QED) is 0.449. The van der Waals surface area contributed by atoms with Crippen molar-refractivity contribution in [2.24, 2.45) is 4.99 Å². The number of nitrogens with zero attached hydrogens (tertiary/aromatic N) is 2. The summed E-state index contributed by atoms with van der Waals surface area (Å²) >= 11 is 0. The number of aliphatic imine (C=N–C) groups is 1. The van der Waals surface area contributed by atoms with Crippen molar-refractivity contribution in [3.05, 3.63) is 88.6 Å². The Bertz CT molecular complexity index is 1080. The third kappa shape index (κ3) is 5.90. The maximum Gasteiger partial charge on any atom is 0.227 e. The van der Waals surface area contributed by atoms with Crippen LogP contribution in [-0.2, 0) is 17.6 Å². The van der Waals surface area contributed by atoms with Gasteiger partial charge >= 0.3 is 0 Å². The summed E-state index contributed by atoms with van der Waals surface area (Å²) in [5, 5.41) is 0. The lowest BCUT2D eigenvalue weighted by molar-refractivity contribution is -0.118. The van der Waals surface area contributed by atoms with Crippen LogP contribution in [0.1, 0.15) is 75.5 Å². The fourth-order valence-corrected chi connectivity index (χ4v) is 4.90. The Morgan fingerprint density at radius 3 is 2.58 bits per heavy atom. The van der Waals surface area contributed by atoms with E-state index in [4.69, 9.17) is 0 Å². The molecule has 3 nitrogen and oxygen atoms in total. The van der Waals surface area contributed by atoms with Gasteiger partial charge in [-0.1, -0.05) is 61.9 Å². The largest absolute Gasteiger partial charge is 0.308 e. The topological polar surface area (TPSA) is 32.7 Å². The van der Waals surface area contributed by atoms with Crippen molar-refractivity contribution in [1.82, 2.24) is 0 Å². The van der Waals surface area contributed by atoms with Crippen molar-refractivity contribution >= 4 is 17.3 Å². The molecule has 2 aromatic carbocycles. The number of benzene rings is 2. The second-order valence-electron chi connectivity index (χ2n) is 9.56. The summed E-state index contributed by atoms with van der Waals surface area (Å²) in [7, 11) is 0. The molecular weight excluding hydrogens is 404 g/mol. The van der Waals surface area contributed by atoms with E-state index in [1.165, 1.54) is 35.1 Å². The predicted octanol–water partition coefficient (Wildman–Crippen LogP) is 7.18. The molecule has 0 radical (unpaired) electrons. The molecule has 0 bridgehead atoms. The molecule has 0 aromatic heterocycles. The van der Waals surface area contributed by atoms with E-state index in [0.717, 1.165) is 42.7 Å². The summed E-state index contributed by atoms with van der Waals surface area (Å²) in [6, 6.07) is 17.0. The molecule has 1 heterocycles. The van der Waals surface area contributed by atoms with Gasteiger partial charge in [0.05, 0.1) is 6.54 Å². The number of fused-ring (bicyclic) bond motifs is 1. The van der Waals surface area contributed by atoms with Gasteiger partial charge in [-0.3, -0.25) is 9.79 Å². The zero-order valence-corrected chi connectivity index (χ0v) is 20.3. The number of hydrogen-bond donors (Lipinski definition) is 0. The highest BCUT2D eigenvalue weighted by Crippen LogP contribution is 2.29. The highest BCUT2D eigenvalue weighted by molar-refractivity contribution is 5.94. The molecule has 4 rings (SSSR count). The molecule has 172 valence electrons.